The molecule has 0 spiro atoms. The average molecular weight is 422 g/mol. The van der Waals surface area contributed by atoms with Crippen LogP contribution in [0.2, 0.25) is 0 Å². The predicted octanol–water partition coefficient (Wildman–Crippen LogP) is 7.33. The van der Waals surface area contributed by atoms with Gasteiger partial charge in [-0.1, -0.05) is 49.6 Å². The van der Waals surface area contributed by atoms with E-state index in [1.807, 2.05) is 13.3 Å². The predicted molar refractivity (Wildman–Crippen MR) is 121 cm³/mol. The van der Waals surface area contributed by atoms with Crippen LogP contribution in [-0.4, -0.2) is 27.5 Å². The molecule has 2 aromatic rings. The van der Waals surface area contributed by atoms with E-state index in [-0.39, 0.29) is 0 Å². The molecule has 0 fully saturated rings. The van der Waals surface area contributed by atoms with Gasteiger partial charge in [-0.05, 0) is 43.0 Å². The molecule has 0 N–H and O–H groups in total. The second kappa shape index (κ2) is 11.7. The lowest BCUT2D eigenvalue weighted by atomic mass is 9.98. The van der Waals surface area contributed by atoms with E-state index in [2.05, 4.69) is 50.2 Å². The highest BCUT2D eigenvalue weighted by atomic mass is 31.2. The van der Waals surface area contributed by atoms with Gasteiger partial charge < -0.3 is 18.1 Å². The van der Waals surface area contributed by atoms with Gasteiger partial charge in [0.05, 0.1) is 5.56 Å². The minimum atomic E-state index is -1.02. The van der Waals surface area contributed by atoms with Gasteiger partial charge in [-0.3, -0.25) is 0 Å². The zero-order valence-electron chi connectivity index (χ0n) is 17.8. The molecule has 2 unspecified atom stereocenters. The first-order valence-electron chi connectivity index (χ1n) is 9.64. The van der Waals surface area contributed by atoms with Crippen LogP contribution in [0.5, 0.6) is 11.5 Å². The van der Waals surface area contributed by atoms with Crippen LogP contribution in [0.25, 0.3) is 11.1 Å². The molecular formula is C22H32O4P2. The van der Waals surface area contributed by atoms with E-state index in [9.17, 15) is 0 Å². The highest BCUT2D eigenvalue weighted by Gasteiger charge is 2.20. The molecule has 2 atom stereocenters. The number of rotatable bonds is 11. The Hall–Kier alpha value is -1.18. The summed E-state index contributed by atoms with van der Waals surface area (Å²) >= 11 is 0. The molecule has 0 aromatic heterocycles. The second-order valence-corrected chi connectivity index (χ2v) is 9.57. The molecule has 0 bridgehead atoms. The van der Waals surface area contributed by atoms with Gasteiger partial charge in [0.25, 0.3) is 0 Å². The zero-order valence-corrected chi connectivity index (χ0v) is 19.6. The van der Waals surface area contributed by atoms with Gasteiger partial charge in [0.1, 0.15) is 11.5 Å². The van der Waals surface area contributed by atoms with Crippen molar-refractivity contribution in [2.75, 3.05) is 27.5 Å². The first-order valence-corrected chi connectivity index (χ1v) is 12.9. The third-order valence-electron chi connectivity index (χ3n) is 4.47. The Kier molecular flexibility index (Phi) is 9.68. The van der Waals surface area contributed by atoms with Crippen molar-refractivity contribution >= 4 is 16.8 Å². The van der Waals surface area contributed by atoms with Crippen molar-refractivity contribution in [2.24, 2.45) is 0 Å². The highest BCUT2D eigenvalue weighted by molar-refractivity contribution is 7.47. The first-order chi connectivity index (χ1) is 13.5. The maximum Gasteiger partial charge on any atom is 0.226 e. The van der Waals surface area contributed by atoms with Crippen LogP contribution in [0.4, 0.5) is 0 Å². The largest absolute Gasteiger partial charge is 0.447 e. The summed E-state index contributed by atoms with van der Waals surface area (Å²) in [5.74, 6) is 1.62. The molecule has 6 heteroatoms. The molecule has 0 aliphatic heterocycles. The van der Waals surface area contributed by atoms with Gasteiger partial charge >= 0.3 is 0 Å². The van der Waals surface area contributed by atoms with E-state index in [1.165, 1.54) is 24.0 Å². The standard InChI is InChI=1S/C22H32O4P2/c1-7-8-9-12-18-15-20(25-27(5)23-3)22(19-13-10-11-17(2)14-19)21(16-18)26-28(6)24-4/h10-11,13-16H,7-9,12H2,1-6H3. The quantitative estimate of drug-likeness (QED) is 0.281. The maximum absolute atomic E-state index is 6.22. The van der Waals surface area contributed by atoms with Crippen LogP contribution >= 0.6 is 16.8 Å². The number of aryl methyl sites for hydroxylation is 2. The van der Waals surface area contributed by atoms with Gasteiger partial charge in [0, 0.05) is 27.5 Å². The Bertz CT molecular complexity index is 718. The van der Waals surface area contributed by atoms with Crippen molar-refractivity contribution in [1.82, 2.24) is 0 Å². The number of benzene rings is 2. The van der Waals surface area contributed by atoms with Crippen LogP contribution in [0.1, 0.15) is 37.3 Å². The molecule has 0 saturated heterocycles. The Morgan fingerprint density at radius 1 is 0.857 bits per heavy atom. The molecule has 0 heterocycles. The minimum absolute atomic E-state index is 0.810. The molecule has 154 valence electrons. The summed E-state index contributed by atoms with van der Waals surface area (Å²) in [5, 5.41) is 0. The third kappa shape index (κ3) is 6.71. The molecule has 0 amide bonds. The fourth-order valence-electron chi connectivity index (χ4n) is 2.95. The number of hydrogen-bond donors (Lipinski definition) is 0. The van der Waals surface area contributed by atoms with Crippen molar-refractivity contribution < 1.29 is 18.1 Å². The summed E-state index contributed by atoms with van der Waals surface area (Å²) in [6.45, 7) is 8.23. The van der Waals surface area contributed by atoms with Gasteiger partial charge in [0.15, 0.2) is 0 Å². The van der Waals surface area contributed by atoms with Crippen LogP contribution in [0.3, 0.4) is 0 Å². The minimum Gasteiger partial charge on any atom is -0.447 e. The Morgan fingerprint density at radius 2 is 1.46 bits per heavy atom. The SMILES string of the molecule is CCCCCc1cc(OP(C)OC)c(-c2cccc(C)c2)c(OP(C)OC)c1. The van der Waals surface area contributed by atoms with Crippen molar-refractivity contribution in [3.05, 3.63) is 47.5 Å². The van der Waals surface area contributed by atoms with Crippen molar-refractivity contribution in [3.8, 4) is 22.6 Å². The van der Waals surface area contributed by atoms with E-state index in [0.29, 0.717) is 0 Å². The fourth-order valence-corrected chi connectivity index (χ4v) is 3.94. The van der Waals surface area contributed by atoms with E-state index in [4.69, 9.17) is 18.1 Å². The van der Waals surface area contributed by atoms with Gasteiger partial charge in [-0.15, -0.1) is 0 Å². The molecule has 0 aliphatic carbocycles. The Morgan fingerprint density at radius 3 is 1.96 bits per heavy atom. The van der Waals surface area contributed by atoms with Crippen LogP contribution in [0.15, 0.2) is 36.4 Å². The summed E-state index contributed by atoms with van der Waals surface area (Å²) < 4.78 is 23.3. The van der Waals surface area contributed by atoms with E-state index in [0.717, 1.165) is 35.5 Å². The van der Waals surface area contributed by atoms with Crippen LogP contribution in [0, 0.1) is 6.92 Å². The van der Waals surface area contributed by atoms with E-state index in [1.54, 1.807) is 14.2 Å². The third-order valence-corrected chi connectivity index (χ3v) is 6.41. The van der Waals surface area contributed by atoms with E-state index < -0.39 is 16.8 Å². The van der Waals surface area contributed by atoms with Crippen molar-refractivity contribution in [1.29, 1.82) is 0 Å². The molecule has 0 aliphatic rings. The average Bonchev–Trinajstić information content (AvgIpc) is 2.67. The first kappa shape index (κ1) is 23.1. The molecule has 2 aromatic carbocycles. The summed E-state index contributed by atoms with van der Waals surface area (Å²) in [6, 6.07) is 12.7. The van der Waals surface area contributed by atoms with Crippen LogP contribution in [-0.2, 0) is 15.5 Å². The van der Waals surface area contributed by atoms with Gasteiger partial charge in [-0.2, -0.15) is 0 Å². The van der Waals surface area contributed by atoms with Crippen molar-refractivity contribution in [2.45, 2.75) is 39.5 Å². The Balaban J connectivity index is 2.57. The topological polar surface area (TPSA) is 36.9 Å². The molecule has 2 rings (SSSR count). The number of unbranched alkanes of at least 4 members (excludes halogenated alkanes) is 2. The lowest BCUT2D eigenvalue weighted by molar-refractivity contribution is 0.396. The second-order valence-electron chi connectivity index (χ2n) is 6.72. The molecule has 0 radical (unpaired) electrons. The highest BCUT2D eigenvalue weighted by Crippen LogP contribution is 2.48. The summed E-state index contributed by atoms with van der Waals surface area (Å²) in [6.07, 6.45) is 4.55. The van der Waals surface area contributed by atoms with Crippen LogP contribution < -0.4 is 9.05 Å². The van der Waals surface area contributed by atoms with Gasteiger partial charge in [0.2, 0.25) is 16.8 Å². The molecule has 28 heavy (non-hydrogen) atoms. The smallest absolute Gasteiger partial charge is 0.226 e. The molecule has 4 nitrogen and oxygen atoms in total. The normalized spacial score (nSPS) is 13.2. The Labute approximate surface area is 172 Å². The molecule has 0 saturated carbocycles. The van der Waals surface area contributed by atoms with Gasteiger partial charge in [-0.25, -0.2) is 0 Å². The summed E-state index contributed by atoms with van der Waals surface area (Å²) in [4.78, 5) is 0. The fraction of sp³-hybridized carbons (Fsp3) is 0.455. The number of hydrogen-bond acceptors (Lipinski definition) is 4. The monoisotopic (exact) mass is 422 g/mol. The maximum atomic E-state index is 6.22. The molecular weight excluding hydrogens is 390 g/mol. The lowest BCUT2D eigenvalue weighted by Crippen LogP contribution is -1.98. The summed E-state index contributed by atoms with van der Waals surface area (Å²) in [5.41, 5.74) is 4.44. The summed E-state index contributed by atoms with van der Waals surface area (Å²) in [7, 11) is 1.32. The zero-order chi connectivity index (χ0) is 20.5. The van der Waals surface area contributed by atoms with E-state index >= 15 is 0 Å². The lowest BCUT2D eigenvalue weighted by Gasteiger charge is -2.21. The van der Waals surface area contributed by atoms with Crippen molar-refractivity contribution in [3.63, 3.8) is 0 Å².